The lowest BCUT2D eigenvalue weighted by Crippen LogP contribution is -2.21. The third-order valence-electron chi connectivity index (χ3n) is 2.83. The van der Waals surface area contributed by atoms with E-state index in [2.05, 4.69) is 21.2 Å². The Morgan fingerprint density at radius 3 is 2.48 bits per heavy atom. The summed E-state index contributed by atoms with van der Waals surface area (Å²) in [7, 11) is 0. The molecule has 0 saturated heterocycles. The van der Waals surface area contributed by atoms with Crippen LogP contribution in [0.2, 0.25) is 0 Å². The quantitative estimate of drug-likeness (QED) is 0.813. The Balaban J connectivity index is 2.11. The molecular weight excluding hydrogens is 340 g/mol. The summed E-state index contributed by atoms with van der Waals surface area (Å²) in [5, 5.41) is 3.21. The Bertz CT molecular complexity index is 632. The predicted octanol–water partition coefficient (Wildman–Crippen LogP) is 5.02. The van der Waals surface area contributed by atoms with Crippen LogP contribution in [-0.4, -0.2) is 6.04 Å². The molecule has 0 unspecified atom stereocenters. The summed E-state index contributed by atoms with van der Waals surface area (Å²) in [4.78, 5) is 0. The van der Waals surface area contributed by atoms with Crippen molar-refractivity contribution in [3.63, 3.8) is 0 Å². The van der Waals surface area contributed by atoms with Crippen LogP contribution in [0.15, 0.2) is 40.9 Å². The molecule has 0 aromatic heterocycles. The molecule has 0 aliphatic rings. The highest BCUT2D eigenvalue weighted by atomic mass is 79.9. The molecule has 0 radical (unpaired) electrons. The topological polar surface area (TPSA) is 21.3 Å². The molecule has 21 heavy (non-hydrogen) atoms. The van der Waals surface area contributed by atoms with Gasteiger partial charge in [-0.25, -0.2) is 8.78 Å². The van der Waals surface area contributed by atoms with Crippen molar-refractivity contribution in [2.75, 3.05) is 0 Å². The van der Waals surface area contributed by atoms with Gasteiger partial charge >= 0.3 is 0 Å². The van der Waals surface area contributed by atoms with E-state index in [0.717, 1.165) is 5.56 Å². The molecule has 2 nitrogen and oxygen atoms in total. The van der Waals surface area contributed by atoms with Gasteiger partial charge in [-0.1, -0.05) is 19.9 Å². The van der Waals surface area contributed by atoms with Crippen molar-refractivity contribution in [1.82, 2.24) is 5.32 Å². The number of rotatable bonds is 5. The fourth-order valence-electron chi connectivity index (χ4n) is 1.73. The summed E-state index contributed by atoms with van der Waals surface area (Å²) in [6.45, 7) is 4.63. The summed E-state index contributed by atoms with van der Waals surface area (Å²) < 4.78 is 33.1. The minimum Gasteiger partial charge on any atom is -0.454 e. The van der Waals surface area contributed by atoms with Gasteiger partial charge in [0, 0.05) is 18.7 Å². The van der Waals surface area contributed by atoms with Crippen LogP contribution in [0.4, 0.5) is 8.78 Å². The molecule has 0 saturated carbocycles. The van der Waals surface area contributed by atoms with E-state index in [4.69, 9.17) is 4.74 Å². The first kappa shape index (κ1) is 15.9. The van der Waals surface area contributed by atoms with Crippen molar-refractivity contribution < 1.29 is 13.5 Å². The smallest absolute Gasteiger partial charge is 0.166 e. The van der Waals surface area contributed by atoms with Gasteiger partial charge in [0.25, 0.3) is 0 Å². The van der Waals surface area contributed by atoms with Gasteiger partial charge in [-0.2, -0.15) is 0 Å². The third kappa shape index (κ3) is 4.51. The van der Waals surface area contributed by atoms with Crippen molar-refractivity contribution in [1.29, 1.82) is 0 Å². The molecule has 0 atom stereocenters. The second kappa shape index (κ2) is 7.00. The van der Waals surface area contributed by atoms with Crippen molar-refractivity contribution in [3.05, 3.63) is 58.1 Å². The van der Waals surface area contributed by atoms with Gasteiger partial charge in [-0.05, 0) is 45.8 Å². The van der Waals surface area contributed by atoms with E-state index in [1.807, 2.05) is 13.8 Å². The minimum absolute atomic E-state index is 0.0741. The zero-order valence-electron chi connectivity index (χ0n) is 11.8. The number of benzene rings is 2. The maximum absolute atomic E-state index is 14.0. The Morgan fingerprint density at radius 2 is 1.86 bits per heavy atom. The molecule has 1 N–H and O–H groups in total. The molecule has 0 bridgehead atoms. The van der Waals surface area contributed by atoms with E-state index in [1.165, 1.54) is 18.2 Å². The summed E-state index contributed by atoms with van der Waals surface area (Å²) in [6.07, 6.45) is 0. The fraction of sp³-hybridized carbons (Fsp3) is 0.250. The van der Waals surface area contributed by atoms with Crippen LogP contribution >= 0.6 is 15.9 Å². The van der Waals surface area contributed by atoms with Crippen LogP contribution in [0.3, 0.4) is 0 Å². The average molecular weight is 356 g/mol. The maximum atomic E-state index is 14.0. The summed E-state index contributed by atoms with van der Waals surface area (Å²) in [5.41, 5.74) is 0.829. The number of hydrogen-bond donors (Lipinski definition) is 1. The molecule has 0 heterocycles. The van der Waals surface area contributed by atoms with E-state index < -0.39 is 11.6 Å². The van der Waals surface area contributed by atoms with Gasteiger partial charge in [-0.15, -0.1) is 0 Å². The van der Waals surface area contributed by atoms with Crippen molar-refractivity contribution >= 4 is 15.9 Å². The number of ether oxygens (including phenoxy) is 1. The van der Waals surface area contributed by atoms with Gasteiger partial charge in [0.2, 0.25) is 0 Å². The van der Waals surface area contributed by atoms with Crippen LogP contribution in [0.25, 0.3) is 0 Å². The van der Waals surface area contributed by atoms with Crippen LogP contribution in [0, 0.1) is 11.6 Å². The summed E-state index contributed by atoms with van der Waals surface area (Å²) >= 11 is 3.06. The normalized spacial score (nSPS) is 11.0. The zero-order chi connectivity index (χ0) is 15.4. The van der Waals surface area contributed by atoms with Gasteiger partial charge in [0.05, 0.1) is 4.47 Å². The first-order valence-electron chi connectivity index (χ1n) is 6.60. The second-order valence-corrected chi connectivity index (χ2v) is 5.83. The monoisotopic (exact) mass is 355 g/mol. The Labute approximate surface area is 131 Å². The first-order valence-corrected chi connectivity index (χ1v) is 7.39. The van der Waals surface area contributed by atoms with Crippen molar-refractivity contribution in [2.45, 2.75) is 26.4 Å². The molecule has 0 amide bonds. The van der Waals surface area contributed by atoms with Gasteiger partial charge < -0.3 is 10.1 Å². The molecule has 0 aliphatic heterocycles. The highest BCUT2D eigenvalue weighted by molar-refractivity contribution is 9.10. The van der Waals surface area contributed by atoms with Crippen molar-refractivity contribution in [2.24, 2.45) is 0 Å². The molecule has 0 fully saturated rings. The maximum Gasteiger partial charge on any atom is 0.166 e. The zero-order valence-corrected chi connectivity index (χ0v) is 13.4. The van der Waals surface area contributed by atoms with E-state index >= 15 is 0 Å². The highest BCUT2D eigenvalue weighted by Crippen LogP contribution is 2.28. The molecule has 5 heteroatoms. The van der Waals surface area contributed by atoms with Crippen LogP contribution in [0.1, 0.15) is 19.4 Å². The lowest BCUT2D eigenvalue weighted by molar-refractivity contribution is 0.437. The molecule has 2 aromatic rings. The average Bonchev–Trinajstić information content (AvgIpc) is 2.43. The standard InChI is InChI=1S/C16H16BrF2NO/c1-10(2)20-9-11-3-6-16(15(19)7-11)21-12-4-5-13(17)14(18)8-12/h3-8,10,20H,9H2,1-2H3. The molecular formula is C16H16BrF2NO. The number of halogens is 3. The van der Waals surface area contributed by atoms with E-state index in [-0.39, 0.29) is 11.5 Å². The molecule has 0 aliphatic carbocycles. The third-order valence-corrected chi connectivity index (χ3v) is 3.47. The van der Waals surface area contributed by atoms with Gasteiger partial charge in [-0.3, -0.25) is 0 Å². The van der Waals surface area contributed by atoms with Gasteiger partial charge in [0.15, 0.2) is 11.6 Å². The first-order chi connectivity index (χ1) is 9.95. The summed E-state index contributed by atoms with van der Waals surface area (Å²) in [5.74, 6) is -0.597. The molecule has 2 aromatic carbocycles. The molecule has 2 rings (SSSR count). The SMILES string of the molecule is CC(C)NCc1ccc(Oc2ccc(Br)c(F)c2)c(F)c1. The van der Waals surface area contributed by atoms with Crippen LogP contribution < -0.4 is 10.1 Å². The van der Waals surface area contributed by atoms with E-state index in [9.17, 15) is 8.78 Å². The van der Waals surface area contributed by atoms with Crippen molar-refractivity contribution in [3.8, 4) is 11.5 Å². The summed E-state index contributed by atoms with van der Waals surface area (Å²) in [6, 6.07) is 9.37. The predicted molar refractivity (Wildman–Crippen MR) is 82.5 cm³/mol. The Hall–Kier alpha value is -1.46. The molecule has 0 spiro atoms. The molecule has 112 valence electrons. The Kier molecular flexibility index (Phi) is 5.31. The van der Waals surface area contributed by atoms with Crippen LogP contribution in [0.5, 0.6) is 11.5 Å². The largest absolute Gasteiger partial charge is 0.454 e. The minimum atomic E-state index is -0.471. The van der Waals surface area contributed by atoms with Crippen LogP contribution in [-0.2, 0) is 6.54 Å². The van der Waals surface area contributed by atoms with Gasteiger partial charge in [0.1, 0.15) is 11.6 Å². The van der Waals surface area contributed by atoms with E-state index in [0.29, 0.717) is 17.1 Å². The second-order valence-electron chi connectivity index (χ2n) is 4.98. The highest BCUT2D eigenvalue weighted by Gasteiger charge is 2.08. The fourth-order valence-corrected chi connectivity index (χ4v) is 1.97. The van der Waals surface area contributed by atoms with E-state index in [1.54, 1.807) is 18.2 Å². The lowest BCUT2D eigenvalue weighted by Gasteiger charge is -2.11. The Morgan fingerprint density at radius 1 is 1.10 bits per heavy atom. The lowest BCUT2D eigenvalue weighted by atomic mass is 10.2. The number of nitrogens with one attached hydrogen (secondary N) is 1. The number of hydrogen-bond acceptors (Lipinski definition) is 2.